The van der Waals surface area contributed by atoms with Crippen LogP contribution in [0.25, 0.3) is 17.3 Å². The molecule has 2 aromatic heterocycles. The lowest BCUT2D eigenvalue weighted by atomic mass is 10.1. The number of hydrogen-bond donors (Lipinski definition) is 1. The number of nitrogens with zero attached hydrogens (tertiary/aromatic N) is 2. The first-order chi connectivity index (χ1) is 11.6. The molecule has 0 saturated heterocycles. The summed E-state index contributed by atoms with van der Waals surface area (Å²) in [7, 11) is 0. The van der Waals surface area contributed by atoms with Crippen LogP contribution in [0.15, 0.2) is 54.7 Å². The number of thiophene rings is 1. The Kier molecular flexibility index (Phi) is 4.82. The Labute approximate surface area is 144 Å². The number of nitrogens with one attached hydrogen (secondary N) is 1. The van der Waals surface area contributed by atoms with E-state index in [2.05, 4.69) is 15.3 Å². The Bertz CT molecular complexity index is 899. The van der Waals surface area contributed by atoms with E-state index in [0.29, 0.717) is 0 Å². The van der Waals surface area contributed by atoms with Crippen molar-refractivity contribution >= 4 is 29.0 Å². The summed E-state index contributed by atoms with van der Waals surface area (Å²) in [6.07, 6.45) is 5.10. The number of carbonyl (C=O) groups is 1. The van der Waals surface area contributed by atoms with Gasteiger partial charge in [0.25, 0.3) is 0 Å². The summed E-state index contributed by atoms with van der Waals surface area (Å²) in [5, 5.41) is 2.88. The van der Waals surface area contributed by atoms with Gasteiger partial charge in [-0.2, -0.15) is 0 Å². The van der Waals surface area contributed by atoms with E-state index < -0.39 is 0 Å². The first-order valence-electron chi connectivity index (χ1n) is 7.56. The first-order valence-corrected chi connectivity index (χ1v) is 8.37. The van der Waals surface area contributed by atoms with Crippen LogP contribution in [0.3, 0.4) is 0 Å². The Balaban J connectivity index is 1.72. The van der Waals surface area contributed by atoms with Crippen LogP contribution >= 0.6 is 11.3 Å². The maximum absolute atomic E-state index is 12.1. The average Bonchev–Trinajstić information content (AvgIpc) is 2.99. The van der Waals surface area contributed by atoms with Gasteiger partial charge >= 0.3 is 0 Å². The third kappa shape index (κ3) is 4.14. The van der Waals surface area contributed by atoms with Crippen molar-refractivity contribution in [3.05, 3.63) is 70.3 Å². The lowest BCUT2D eigenvalue weighted by Crippen LogP contribution is -2.07. The molecule has 0 saturated carbocycles. The van der Waals surface area contributed by atoms with Crippen LogP contribution in [0.2, 0.25) is 0 Å². The lowest BCUT2D eigenvalue weighted by Gasteiger charge is -2.06. The number of amides is 1. The van der Waals surface area contributed by atoms with Crippen molar-refractivity contribution in [3.8, 4) is 11.3 Å². The van der Waals surface area contributed by atoms with Crippen molar-refractivity contribution in [2.75, 3.05) is 5.32 Å². The number of benzene rings is 1. The van der Waals surface area contributed by atoms with Gasteiger partial charge in [0, 0.05) is 33.3 Å². The molecule has 0 aliphatic heterocycles. The molecule has 0 radical (unpaired) electrons. The molecule has 4 nitrogen and oxygen atoms in total. The highest BCUT2D eigenvalue weighted by molar-refractivity contribution is 7.12. The normalized spacial score (nSPS) is 10.9. The number of anilines is 1. The van der Waals surface area contributed by atoms with Gasteiger partial charge in [-0.3, -0.25) is 4.79 Å². The smallest absolute Gasteiger partial charge is 0.248 e. The second-order valence-electron chi connectivity index (χ2n) is 5.34. The fourth-order valence-electron chi connectivity index (χ4n) is 2.26. The molecule has 0 unspecified atom stereocenters. The van der Waals surface area contributed by atoms with Gasteiger partial charge in [-0.15, -0.1) is 11.3 Å². The van der Waals surface area contributed by atoms with Gasteiger partial charge in [0.2, 0.25) is 5.91 Å². The van der Waals surface area contributed by atoms with E-state index in [-0.39, 0.29) is 5.91 Å². The zero-order valence-electron chi connectivity index (χ0n) is 13.5. The van der Waals surface area contributed by atoms with E-state index in [4.69, 9.17) is 0 Å². The molecule has 3 aromatic rings. The van der Waals surface area contributed by atoms with E-state index in [9.17, 15) is 4.79 Å². The predicted octanol–water partition coefficient (Wildman–Crippen LogP) is 4.47. The highest BCUT2D eigenvalue weighted by Crippen LogP contribution is 2.21. The molecule has 1 aromatic carbocycles. The summed E-state index contributed by atoms with van der Waals surface area (Å²) in [6, 6.07) is 13.5. The topological polar surface area (TPSA) is 54.9 Å². The molecule has 2 heterocycles. The molecule has 120 valence electrons. The minimum absolute atomic E-state index is 0.155. The van der Waals surface area contributed by atoms with Crippen LogP contribution in [0.5, 0.6) is 0 Å². The van der Waals surface area contributed by atoms with E-state index in [0.717, 1.165) is 27.6 Å². The van der Waals surface area contributed by atoms with E-state index in [1.54, 1.807) is 23.6 Å². The molecular formula is C19H17N3OS. The predicted molar refractivity (Wildman–Crippen MR) is 98.9 cm³/mol. The largest absolute Gasteiger partial charge is 0.322 e. The Hall–Kier alpha value is -2.79. The average molecular weight is 335 g/mol. The third-order valence-electron chi connectivity index (χ3n) is 3.36. The lowest BCUT2D eigenvalue weighted by molar-refractivity contribution is -0.111. The number of aromatic nitrogens is 2. The molecule has 1 amide bonds. The molecule has 1 N–H and O–H groups in total. The second-order valence-corrected chi connectivity index (χ2v) is 6.66. The zero-order chi connectivity index (χ0) is 16.9. The third-order valence-corrected chi connectivity index (χ3v) is 4.33. The number of rotatable bonds is 4. The van der Waals surface area contributed by atoms with E-state index >= 15 is 0 Å². The standard InChI is InChI=1S/C19H17N3OS/c1-13-6-7-17(24-13)8-9-19(23)22-16-5-3-4-15(12-16)18-10-11-20-14(2)21-18/h3-12H,1-2H3,(H,22,23). The van der Waals surface area contributed by atoms with Crippen LogP contribution < -0.4 is 5.32 Å². The van der Waals surface area contributed by atoms with Crippen LogP contribution in [0.1, 0.15) is 15.6 Å². The molecule has 0 spiro atoms. The van der Waals surface area contributed by atoms with Gasteiger partial charge in [-0.1, -0.05) is 12.1 Å². The molecule has 0 aliphatic rings. The molecule has 24 heavy (non-hydrogen) atoms. The quantitative estimate of drug-likeness (QED) is 0.716. The highest BCUT2D eigenvalue weighted by Gasteiger charge is 2.03. The highest BCUT2D eigenvalue weighted by atomic mass is 32.1. The van der Waals surface area contributed by atoms with Gasteiger partial charge < -0.3 is 5.32 Å². The zero-order valence-corrected chi connectivity index (χ0v) is 14.3. The number of carbonyl (C=O) groups excluding carboxylic acids is 1. The number of hydrogen-bond acceptors (Lipinski definition) is 4. The van der Waals surface area contributed by atoms with E-state index in [1.165, 1.54) is 4.88 Å². The minimum Gasteiger partial charge on any atom is -0.322 e. The Morgan fingerprint density at radius 1 is 1.17 bits per heavy atom. The Morgan fingerprint density at radius 2 is 2.04 bits per heavy atom. The van der Waals surface area contributed by atoms with Crippen molar-refractivity contribution in [2.24, 2.45) is 0 Å². The summed E-state index contributed by atoms with van der Waals surface area (Å²) >= 11 is 1.66. The van der Waals surface area contributed by atoms with Gasteiger partial charge in [0.05, 0.1) is 5.69 Å². The summed E-state index contributed by atoms with van der Waals surface area (Å²) in [4.78, 5) is 22.9. The molecular weight excluding hydrogens is 318 g/mol. The van der Waals surface area contributed by atoms with E-state index in [1.807, 2.05) is 62.4 Å². The second kappa shape index (κ2) is 7.19. The summed E-state index contributed by atoms with van der Waals surface area (Å²) in [5.41, 5.74) is 2.51. The fourth-order valence-corrected chi connectivity index (χ4v) is 3.04. The maximum atomic E-state index is 12.1. The summed E-state index contributed by atoms with van der Waals surface area (Å²) in [5.74, 6) is 0.563. The molecule has 0 atom stereocenters. The molecule has 0 fully saturated rings. The van der Waals surface area contributed by atoms with Crippen molar-refractivity contribution < 1.29 is 4.79 Å². The van der Waals surface area contributed by atoms with Crippen LogP contribution in [-0.2, 0) is 4.79 Å². The maximum Gasteiger partial charge on any atom is 0.248 e. The fraction of sp³-hybridized carbons (Fsp3) is 0.105. The monoisotopic (exact) mass is 335 g/mol. The molecule has 0 bridgehead atoms. The van der Waals surface area contributed by atoms with Crippen LogP contribution in [0, 0.1) is 13.8 Å². The molecule has 0 aliphatic carbocycles. The van der Waals surface area contributed by atoms with Gasteiger partial charge in [-0.25, -0.2) is 9.97 Å². The Morgan fingerprint density at radius 3 is 2.79 bits per heavy atom. The minimum atomic E-state index is -0.155. The van der Waals surface area contributed by atoms with Crippen LogP contribution in [-0.4, -0.2) is 15.9 Å². The van der Waals surface area contributed by atoms with Gasteiger partial charge in [0.15, 0.2) is 0 Å². The first kappa shape index (κ1) is 16.1. The van der Waals surface area contributed by atoms with Crippen molar-refractivity contribution in [3.63, 3.8) is 0 Å². The molecule has 3 rings (SSSR count). The number of aryl methyl sites for hydroxylation is 2. The van der Waals surface area contributed by atoms with Crippen molar-refractivity contribution in [1.29, 1.82) is 0 Å². The van der Waals surface area contributed by atoms with Gasteiger partial charge in [0.1, 0.15) is 5.82 Å². The SMILES string of the molecule is Cc1nccc(-c2cccc(NC(=O)C=Cc3ccc(C)s3)c2)n1. The van der Waals surface area contributed by atoms with Crippen LogP contribution in [0.4, 0.5) is 5.69 Å². The summed E-state index contributed by atoms with van der Waals surface area (Å²) < 4.78 is 0. The van der Waals surface area contributed by atoms with Crippen molar-refractivity contribution in [2.45, 2.75) is 13.8 Å². The van der Waals surface area contributed by atoms with Crippen molar-refractivity contribution in [1.82, 2.24) is 9.97 Å². The summed E-state index contributed by atoms with van der Waals surface area (Å²) in [6.45, 7) is 3.90. The molecule has 5 heteroatoms. The van der Waals surface area contributed by atoms with Gasteiger partial charge in [-0.05, 0) is 50.3 Å².